The summed E-state index contributed by atoms with van der Waals surface area (Å²) in [5.74, 6) is -0.599. The van der Waals surface area contributed by atoms with E-state index in [9.17, 15) is 27.2 Å². The summed E-state index contributed by atoms with van der Waals surface area (Å²) < 4.78 is 68.4. The summed E-state index contributed by atoms with van der Waals surface area (Å²) >= 11 is 0. The van der Waals surface area contributed by atoms with E-state index in [-0.39, 0.29) is 17.4 Å². The third kappa shape index (κ3) is 5.51. The van der Waals surface area contributed by atoms with E-state index in [1.54, 1.807) is 40.7 Å². The highest BCUT2D eigenvalue weighted by molar-refractivity contribution is 5.88. The van der Waals surface area contributed by atoms with Crippen molar-refractivity contribution in [1.82, 2.24) is 4.57 Å². The second-order valence-electron chi connectivity index (χ2n) is 10.4. The number of halogens is 4. The fraction of sp³-hybridized carbons (Fsp3) is 0.429. The fourth-order valence-electron chi connectivity index (χ4n) is 4.51. The number of benzene rings is 1. The molecule has 0 aliphatic heterocycles. The van der Waals surface area contributed by atoms with Crippen LogP contribution < -0.4 is 0 Å². The molecule has 37 heavy (non-hydrogen) atoms. The molecular weight excluding hydrogens is 490 g/mol. The molecule has 0 saturated heterocycles. The van der Waals surface area contributed by atoms with Crippen LogP contribution in [0.3, 0.4) is 0 Å². The van der Waals surface area contributed by atoms with Crippen molar-refractivity contribution in [3.05, 3.63) is 47.4 Å². The molecule has 1 unspecified atom stereocenters. The molecule has 1 heterocycles. The molecule has 1 fully saturated rings. The lowest BCUT2D eigenvalue weighted by atomic mass is 10.0. The first-order valence-electron chi connectivity index (χ1n) is 11.4. The fourth-order valence-corrected chi connectivity index (χ4v) is 4.51. The van der Waals surface area contributed by atoms with Crippen molar-refractivity contribution >= 4 is 22.8 Å². The predicted octanol–water partition coefficient (Wildman–Crippen LogP) is 5.98. The summed E-state index contributed by atoms with van der Waals surface area (Å²) in [6.07, 6.45) is 5.31. The van der Waals surface area contributed by atoms with Gasteiger partial charge in [-0.3, -0.25) is 4.79 Å². The number of carbonyl (C=O) groups is 2. The molecule has 0 spiro atoms. The van der Waals surface area contributed by atoms with Crippen LogP contribution in [0.1, 0.15) is 52.0 Å². The number of nitrogens with zero attached hydrogens (tertiary/aromatic N) is 1. The smallest absolute Gasteiger partial charge is 0.431 e. The summed E-state index contributed by atoms with van der Waals surface area (Å²) in [4.78, 5) is 25.1. The number of hydrogen-bond acceptors (Lipinski definition) is 4. The molecule has 196 valence electrons. The lowest BCUT2D eigenvalue weighted by Gasteiger charge is -2.18. The molecule has 1 aliphatic rings. The summed E-state index contributed by atoms with van der Waals surface area (Å²) in [6.45, 7) is 7.65. The van der Waals surface area contributed by atoms with E-state index in [1.807, 2.05) is 0 Å². The van der Waals surface area contributed by atoms with Crippen LogP contribution in [0.15, 0.2) is 36.2 Å². The standard InChI is InChI=1S/C28H27F4NO4/c1-8-14-33-19-13-11-10-12-16(19)21(23(33)28(30,31)32)20(9-2)36-25(35)22-17(27(22,6)7)15-18(29)24(34)37-26(3,4)5/h1-2,10-13,15,17,20,22H,14H2,3-7H3/b18-15+/t17-,20?,22+/m1/s1. The number of allylic oxidation sites excluding steroid dienone is 1. The SMILES string of the molecule is C#CCn1c(C(F)(F)F)c(C(C#C)OC(=O)[C@@H]2[C@@H](/C=C(/F)C(=O)OC(C)(C)C)C2(C)C)c2ccccc21. The molecular formula is C28H27F4NO4. The molecule has 3 rings (SSSR count). The number of aromatic nitrogens is 1. The zero-order valence-corrected chi connectivity index (χ0v) is 21.1. The molecule has 0 amide bonds. The highest BCUT2D eigenvalue weighted by Gasteiger charge is 2.62. The van der Waals surface area contributed by atoms with E-state index in [0.717, 1.165) is 10.6 Å². The monoisotopic (exact) mass is 517 g/mol. The van der Waals surface area contributed by atoms with Gasteiger partial charge >= 0.3 is 18.1 Å². The van der Waals surface area contributed by atoms with E-state index in [2.05, 4.69) is 11.8 Å². The van der Waals surface area contributed by atoms with Crippen molar-refractivity contribution in [2.45, 2.75) is 59.0 Å². The Bertz CT molecular complexity index is 1350. The van der Waals surface area contributed by atoms with E-state index in [0.29, 0.717) is 0 Å². The summed E-state index contributed by atoms with van der Waals surface area (Å²) in [5, 5.41) is 0.142. The first kappa shape index (κ1) is 27.9. The molecule has 1 aromatic carbocycles. The van der Waals surface area contributed by atoms with E-state index >= 15 is 0 Å². The topological polar surface area (TPSA) is 57.5 Å². The molecule has 0 N–H and O–H groups in total. The maximum absolute atomic E-state index is 14.5. The number of ether oxygens (including phenoxy) is 2. The van der Waals surface area contributed by atoms with Gasteiger partial charge < -0.3 is 14.0 Å². The predicted molar refractivity (Wildman–Crippen MR) is 129 cm³/mol. The Balaban J connectivity index is 1.96. The van der Waals surface area contributed by atoms with E-state index in [1.165, 1.54) is 18.2 Å². The minimum absolute atomic E-state index is 0.142. The normalized spacial score (nSPS) is 20.0. The van der Waals surface area contributed by atoms with Gasteiger partial charge in [0.15, 0.2) is 6.10 Å². The maximum Gasteiger partial charge on any atom is 0.431 e. The van der Waals surface area contributed by atoms with Gasteiger partial charge in [0.2, 0.25) is 5.83 Å². The number of para-hydroxylation sites is 1. The van der Waals surface area contributed by atoms with E-state index < -0.39 is 64.2 Å². The first-order valence-corrected chi connectivity index (χ1v) is 11.4. The van der Waals surface area contributed by atoms with Crippen LogP contribution >= 0.6 is 0 Å². The second kappa shape index (κ2) is 9.63. The van der Waals surface area contributed by atoms with Gasteiger partial charge in [-0.05, 0) is 44.2 Å². The Morgan fingerprint density at radius 3 is 2.35 bits per heavy atom. The molecule has 3 atom stereocenters. The van der Waals surface area contributed by atoms with Crippen molar-refractivity contribution in [2.75, 3.05) is 0 Å². The maximum atomic E-state index is 14.5. The van der Waals surface area contributed by atoms with E-state index in [4.69, 9.17) is 22.3 Å². The minimum Gasteiger partial charge on any atom is -0.455 e. The Morgan fingerprint density at radius 2 is 1.81 bits per heavy atom. The van der Waals surface area contributed by atoms with Crippen molar-refractivity contribution in [2.24, 2.45) is 17.3 Å². The first-order chi connectivity index (χ1) is 17.0. The third-order valence-corrected chi connectivity index (χ3v) is 6.26. The van der Waals surface area contributed by atoms with Gasteiger partial charge in [-0.2, -0.15) is 17.6 Å². The van der Waals surface area contributed by atoms with Gasteiger partial charge in [0.1, 0.15) is 11.3 Å². The van der Waals surface area contributed by atoms with Gasteiger partial charge in [-0.15, -0.1) is 12.8 Å². The molecule has 9 heteroatoms. The molecule has 0 bridgehead atoms. The van der Waals surface area contributed by atoms with Gasteiger partial charge in [0.25, 0.3) is 0 Å². The Hall–Kier alpha value is -3.72. The number of carbonyl (C=O) groups excluding carboxylic acids is 2. The molecule has 1 saturated carbocycles. The highest BCUT2D eigenvalue weighted by atomic mass is 19.4. The second-order valence-corrected chi connectivity index (χ2v) is 10.4. The number of esters is 2. The van der Waals surface area contributed by atoms with Gasteiger partial charge in [0, 0.05) is 16.5 Å². The minimum atomic E-state index is -4.85. The van der Waals surface area contributed by atoms with Crippen LogP contribution in [0, 0.1) is 41.9 Å². The zero-order chi connectivity index (χ0) is 27.9. The highest BCUT2D eigenvalue weighted by Crippen LogP contribution is 2.60. The molecule has 0 radical (unpaired) electrons. The summed E-state index contributed by atoms with van der Waals surface area (Å²) in [7, 11) is 0. The van der Waals surface area contributed by atoms with Crippen LogP contribution in [0.4, 0.5) is 17.6 Å². The van der Waals surface area contributed by atoms with Crippen molar-refractivity contribution in [3.63, 3.8) is 0 Å². The number of hydrogen-bond donors (Lipinski definition) is 0. The van der Waals surface area contributed by atoms with Crippen LogP contribution in [0.25, 0.3) is 10.9 Å². The molecule has 1 aromatic heterocycles. The van der Waals surface area contributed by atoms with Crippen molar-refractivity contribution in [1.29, 1.82) is 0 Å². The number of terminal acetylenes is 2. The number of rotatable bonds is 6. The Morgan fingerprint density at radius 1 is 1.19 bits per heavy atom. The van der Waals surface area contributed by atoms with Crippen molar-refractivity contribution < 1.29 is 36.6 Å². The Kier molecular flexibility index (Phi) is 7.25. The van der Waals surface area contributed by atoms with Gasteiger partial charge in [0.05, 0.1) is 12.5 Å². The largest absolute Gasteiger partial charge is 0.455 e. The molecule has 2 aromatic rings. The summed E-state index contributed by atoms with van der Waals surface area (Å²) in [5.41, 5.74) is -3.08. The lowest BCUT2D eigenvalue weighted by Crippen LogP contribution is -2.24. The van der Waals surface area contributed by atoms with Crippen LogP contribution in [-0.4, -0.2) is 22.1 Å². The van der Waals surface area contributed by atoms with Crippen molar-refractivity contribution in [3.8, 4) is 24.7 Å². The third-order valence-electron chi connectivity index (χ3n) is 6.26. The van der Waals surface area contributed by atoms with Gasteiger partial charge in [-0.1, -0.05) is 43.9 Å². The Labute approximate surface area is 212 Å². The van der Waals surface area contributed by atoms with Crippen LogP contribution in [0.2, 0.25) is 0 Å². The number of alkyl halides is 3. The van der Waals surface area contributed by atoms with Crippen LogP contribution in [0.5, 0.6) is 0 Å². The quantitative estimate of drug-likeness (QED) is 0.205. The number of fused-ring (bicyclic) bond motifs is 1. The molecule has 5 nitrogen and oxygen atoms in total. The molecule has 1 aliphatic carbocycles. The van der Waals surface area contributed by atoms with Gasteiger partial charge in [-0.25, -0.2) is 4.79 Å². The summed E-state index contributed by atoms with van der Waals surface area (Å²) in [6, 6.07) is 5.99. The zero-order valence-electron chi connectivity index (χ0n) is 21.1. The lowest BCUT2D eigenvalue weighted by molar-refractivity contribution is -0.153. The average Bonchev–Trinajstić information content (AvgIpc) is 3.15. The van der Waals surface area contributed by atoms with Crippen LogP contribution in [-0.2, 0) is 31.8 Å². The average molecular weight is 518 g/mol.